The topological polar surface area (TPSA) is 46.3 Å². The van der Waals surface area contributed by atoms with Gasteiger partial charge in [0.25, 0.3) is 5.91 Å². The van der Waals surface area contributed by atoms with E-state index in [0.29, 0.717) is 33.2 Å². The lowest BCUT2D eigenvalue weighted by Gasteiger charge is -2.29. The molecule has 4 rings (SSSR count). The van der Waals surface area contributed by atoms with Crippen LogP contribution in [0.3, 0.4) is 0 Å². The van der Waals surface area contributed by atoms with Crippen molar-refractivity contribution in [2.24, 2.45) is 0 Å². The lowest BCUT2D eigenvalue weighted by molar-refractivity contribution is 0.0980. The van der Waals surface area contributed by atoms with Gasteiger partial charge in [-0.15, -0.1) is 11.3 Å². The molecule has 0 fully saturated rings. The Morgan fingerprint density at radius 3 is 3.00 bits per heavy atom. The van der Waals surface area contributed by atoms with Crippen LogP contribution in [0.25, 0.3) is 10.8 Å². The SMILES string of the molecule is Cc1ccc(-c2nc(C(=O)N3CCCc4cc(Br)cc(F)c43)cs2)o1. The van der Waals surface area contributed by atoms with Gasteiger partial charge in [0.1, 0.15) is 17.3 Å². The van der Waals surface area contributed by atoms with Crippen LogP contribution in [-0.2, 0) is 6.42 Å². The first-order valence-corrected chi connectivity index (χ1v) is 9.52. The van der Waals surface area contributed by atoms with E-state index in [1.165, 1.54) is 22.3 Å². The average Bonchev–Trinajstić information content (AvgIpc) is 3.22. The van der Waals surface area contributed by atoms with E-state index in [4.69, 9.17) is 4.42 Å². The molecule has 1 aromatic carbocycles. The zero-order valence-electron chi connectivity index (χ0n) is 13.4. The minimum absolute atomic E-state index is 0.284. The van der Waals surface area contributed by atoms with Gasteiger partial charge in [0.05, 0.1) is 5.69 Å². The van der Waals surface area contributed by atoms with E-state index in [-0.39, 0.29) is 5.91 Å². The molecule has 4 nitrogen and oxygen atoms in total. The van der Waals surface area contributed by atoms with Gasteiger partial charge in [-0.2, -0.15) is 0 Å². The van der Waals surface area contributed by atoms with E-state index in [1.807, 2.05) is 25.1 Å². The summed E-state index contributed by atoms with van der Waals surface area (Å²) in [6, 6.07) is 6.95. The van der Waals surface area contributed by atoms with Gasteiger partial charge in [-0.3, -0.25) is 4.79 Å². The molecule has 2 aromatic heterocycles. The molecule has 0 spiro atoms. The molecule has 1 aliphatic rings. The van der Waals surface area contributed by atoms with Crippen molar-refractivity contribution in [3.63, 3.8) is 0 Å². The van der Waals surface area contributed by atoms with Crippen LogP contribution in [0.4, 0.5) is 10.1 Å². The van der Waals surface area contributed by atoms with Gasteiger partial charge in [0.15, 0.2) is 10.8 Å². The van der Waals surface area contributed by atoms with Crippen LogP contribution >= 0.6 is 27.3 Å². The second-order valence-electron chi connectivity index (χ2n) is 5.90. The van der Waals surface area contributed by atoms with Crippen LogP contribution in [-0.4, -0.2) is 17.4 Å². The fraction of sp³-hybridized carbons (Fsp3) is 0.222. The number of carbonyl (C=O) groups excluding carboxylic acids is 1. The van der Waals surface area contributed by atoms with E-state index in [1.54, 1.807) is 5.38 Å². The minimum Gasteiger partial charge on any atom is -0.459 e. The lowest BCUT2D eigenvalue weighted by atomic mass is 10.0. The number of fused-ring (bicyclic) bond motifs is 1. The molecular formula is C18H14BrFN2O2S. The maximum absolute atomic E-state index is 14.5. The minimum atomic E-state index is -0.394. The van der Waals surface area contributed by atoms with Crippen molar-refractivity contribution in [2.45, 2.75) is 19.8 Å². The normalized spacial score (nSPS) is 13.8. The number of halogens is 2. The molecule has 128 valence electrons. The van der Waals surface area contributed by atoms with Crippen molar-refractivity contribution in [1.29, 1.82) is 0 Å². The Morgan fingerprint density at radius 1 is 1.40 bits per heavy atom. The number of hydrogen-bond donors (Lipinski definition) is 0. The third kappa shape index (κ3) is 3.02. The summed E-state index contributed by atoms with van der Waals surface area (Å²) in [5.41, 5.74) is 1.51. The fourth-order valence-electron chi connectivity index (χ4n) is 3.03. The van der Waals surface area contributed by atoms with Crippen LogP contribution in [0.1, 0.15) is 28.2 Å². The van der Waals surface area contributed by atoms with Crippen LogP contribution in [0.15, 0.2) is 38.5 Å². The number of furan rings is 1. The maximum Gasteiger partial charge on any atom is 0.277 e. The lowest BCUT2D eigenvalue weighted by Crippen LogP contribution is -2.36. The number of aromatic nitrogens is 1. The van der Waals surface area contributed by atoms with E-state index < -0.39 is 5.82 Å². The Balaban J connectivity index is 1.68. The van der Waals surface area contributed by atoms with E-state index in [0.717, 1.165) is 24.2 Å². The van der Waals surface area contributed by atoms with Gasteiger partial charge >= 0.3 is 0 Å². The second-order valence-corrected chi connectivity index (χ2v) is 7.68. The summed E-state index contributed by atoms with van der Waals surface area (Å²) in [5.74, 6) is 0.744. The van der Waals surface area contributed by atoms with Gasteiger partial charge in [-0.05, 0) is 49.6 Å². The van der Waals surface area contributed by atoms with Gasteiger partial charge < -0.3 is 9.32 Å². The van der Waals surface area contributed by atoms with E-state index in [2.05, 4.69) is 20.9 Å². The number of rotatable bonds is 2. The van der Waals surface area contributed by atoms with Crippen molar-refractivity contribution < 1.29 is 13.6 Å². The second kappa shape index (κ2) is 6.38. The van der Waals surface area contributed by atoms with Crippen molar-refractivity contribution in [1.82, 2.24) is 4.98 Å². The predicted molar refractivity (Wildman–Crippen MR) is 98.7 cm³/mol. The number of nitrogens with zero attached hydrogens (tertiary/aromatic N) is 2. The van der Waals surface area contributed by atoms with Crippen LogP contribution in [0, 0.1) is 12.7 Å². The maximum atomic E-state index is 14.5. The summed E-state index contributed by atoms with van der Waals surface area (Å²) >= 11 is 4.65. The smallest absolute Gasteiger partial charge is 0.277 e. The van der Waals surface area contributed by atoms with Crippen molar-refractivity contribution in [3.8, 4) is 10.8 Å². The van der Waals surface area contributed by atoms with Crippen molar-refractivity contribution >= 4 is 38.9 Å². The Labute approximate surface area is 156 Å². The third-order valence-corrected chi connectivity index (χ3v) is 5.44. The number of aryl methyl sites for hydroxylation is 2. The zero-order valence-corrected chi connectivity index (χ0v) is 15.8. The van der Waals surface area contributed by atoms with Crippen molar-refractivity contribution in [3.05, 3.63) is 57.0 Å². The van der Waals surface area contributed by atoms with Gasteiger partial charge in [-0.1, -0.05) is 15.9 Å². The van der Waals surface area contributed by atoms with Crippen LogP contribution in [0.2, 0.25) is 0 Å². The first-order valence-electron chi connectivity index (χ1n) is 7.85. The first kappa shape index (κ1) is 16.5. The van der Waals surface area contributed by atoms with E-state index >= 15 is 0 Å². The summed E-state index contributed by atoms with van der Waals surface area (Å²) in [4.78, 5) is 18.8. The largest absolute Gasteiger partial charge is 0.459 e. The predicted octanol–water partition coefficient (Wildman–Crippen LogP) is 5.21. The van der Waals surface area contributed by atoms with Crippen molar-refractivity contribution in [2.75, 3.05) is 11.4 Å². The van der Waals surface area contributed by atoms with E-state index in [9.17, 15) is 9.18 Å². The molecule has 0 unspecified atom stereocenters. The molecular weight excluding hydrogens is 407 g/mol. The molecule has 25 heavy (non-hydrogen) atoms. The molecule has 1 aliphatic heterocycles. The van der Waals surface area contributed by atoms with Gasteiger partial charge in [-0.25, -0.2) is 9.37 Å². The molecule has 0 aliphatic carbocycles. The quantitative estimate of drug-likeness (QED) is 0.571. The Bertz CT molecular complexity index is 966. The zero-order chi connectivity index (χ0) is 17.6. The van der Waals surface area contributed by atoms with Crippen LogP contribution < -0.4 is 4.90 Å². The standard InChI is InChI=1S/C18H14BrFN2O2S/c1-10-4-5-15(24-10)17-21-14(9-25-17)18(23)22-6-2-3-11-7-12(19)8-13(20)16(11)22/h4-5,7-9H,2-3,6H2,1H3. The Morgan fingerprint density at radius 2 is 2.24 bits per heavy atom. The summed E-state index contributed by atoms with van der Waals surface area (Å²) in [6.07, 6.45) is 1.55. The highest BCUT2D eigenvalue weighted by Crippen LogP contribution is 2.34. The highest BCUT2D eigenvalue weighted by Gasteiger charge is 2.28. The molecule has 0 bridgehead atoms. The summed E-state index contributed by atoms with van der Waals surface area (Å²) in [7, 11) is 0. The summed E-state index contributed by atoms with van der Waals surface area (Å²) in [6.45, 7) is 2.34. The average molecular weight is 421 g/mol. The molecule has 0 saturated carbocycles. The number of anilines is 1. The Kier molecular flexibility index (Phi) is 4.21. The fourth-order valence-corrected chi connectivity index (χ4v) is 4.26. The molecule has 0 atom stereocenters. The van der Waals surface area contributed by atoms with Gasteiger partial charge in [0.2, 0.25) is 0 Å². The summed E-state index contributed by atoms with van der Waals surface area (Å²) < 4.78 is 20.7. The highest BCUT2D eigenvalue weighted by atomic mass is 79.9. The molecule has 7 heteroatoms. The molecule has 0 N–H and O–H groups in total. The monoisotopic (exact) mass is 420 g/mol. The molecule has 1 amide bonds. The van der Waals surface area contributed by atoms with Crippen LogP contribution in [0.5, 0.6) is 0 Å². The summed E-state index contributed by atoms with van der Waals surface area (Å²) in [5, 5.41) is 2.34. The number of hydrogen-bond acceptors (Lipinski definition) is 4. The molecule has 0 radical (unpaired) electrons. The first-order chi connectivity index (χ1) is 12.0. The molecule has 3 aromatic rings. The molecule has 3 heterocycles. The third-order valence-electron chi connectivity index (χ3n) is 4.12. The Hall–Kier alpha value is -1.99. The highest BCUT2D eigenvalue weighted by molar-refractivity contribution is 9.10. The number of benzene rings is 1. The molecule has 0 saturated heterocycles. The number of carbonyl (C=O) groups is 1. The number of amides is 1. The number of thiazole rings is 1. The van der Waals surface area contributed by atoms with Gasteiger partial charge in [0, 0.05) is 16.4 Å².